The molecule has 0 aliphatic heterocycles. The van der Waals surface area contributed by atoms with Gasteiger partial charge in [0.25, 0.3) is 0 Å². The molecule has 0 saturated heterocycles. The van der Waals surface area contributed by atoms with Gasteiger partial charge in [0.1, 0.15) is 11.4 Å². The molecule has 182 valence electrons. The number of primary sulfonamides is 1. The number of halogens is 1. The van der Waals surface area contributed by atoms with Crippen LogP contribution >= 0.6 is 0 Å². The monoisotopic (exact) mass is 487 g/mol. The summed E-state index contributed by atoms with van der Waals surface area (Å²) in [5, 5.41) is 9.98. The third-order valence-electron chi connectivity index (χ3n) is 5.44. The summed E-state index contributed by atoms with van der Waals surface area (Å²) < 4.78 is 46.2. The lowest BCUT2D eigenvalue weighted by Crippen LogP contribution is -2.13. The summed E-state index contributed by atoms with van der Waals surface area (Å²) in [6.07, 6.45) is 1.08. The fraction of sp³-hybridized carbons (Fsp3) is 0.360. The lowest BCUT2D eigenvalue weighted by Gasteiger charge is -2.12. The number of ether oxygens (including phenoxy) is 1. The van der Waals surface area contributed by atoms with Crippen LogP contribution in [0.4, 0.5) is 4.39 Å². The minimum atomic E-state index is -4.02. The first-order valence-electron chi connectivity index (χ1n) is 11.3. The molecule has 0 fully saturated rings. The molecule has 3 rings (SSSR count). The molecule has 2 N–H and O–H groups in total. The van der Waals surface area contributed by atoms with Gasteiger partial charge in [-0.25, -0.2) is 22.7 Å². The average Bonchev–Trinajstić information content (AvgIpc) is 3.12. The van der Waals surface area contributed by atoms with E-state index < -0.39 is 21.8 Å². The molecule has 0 atom stereocenters. The van der Waals surface area contributed by atoms with Gasteiger partial charge in [0.15, 0.2) is 0 Å². The lowest BCUT2D eigenvalue weighted by molar-refractivity contribution is 0.0523. The summed E-state index contributed by atoms with van der Waals surface area (Å²) in [5.41, 5.74) is 2.69. The fourth-order valence-electron chi connectivity index (χ4n) is 3.94. The lowest BCUT2D eigenvalue weighted by atomic mass is 9.98. The summed E-state index contributed by atoms with van der Waals surface area (Å²) in [6.45, 7) is 8.53. The third-order valence-corrected chi connectivity index (χ3v) is 6.40. The maximum Gasteiger partial charge on any atom is 0.341 e. The van der Waals surface area contributed by atoms with Gasteiger partial charge < -0.3 is 4.74 Å². The summed E-state index contributed by atoms with van der Waals surface area (Å²) >= 11 is 0. The van der Waals surface area contributed by atoms with E-state index in [4.69, 9.17) is 9.88 Å². The summed E-state index contributed by atoms with van der Waals surface area (Å²) in [6, 6.07) is 10.6. The first kappa shape index (κ1) is 25.6. The van der Waals surface area contributed by atoms with E-state index in [0.29, 0.717) is 29.1 Å². The van der Waals surface area contributed by atoms with Crippen LogP contribution in [0.5, 0.6) is 0 Å². The molecule has 0 unspecified atom stereocenters. The molecule has 0 saturated carbocycles. The van der Waals surface area contributed by atoms with Crippen LogP contribution in [0.2, 0.25) is 0 Å². The molecule has 0 amide bonds. The molecule has 0 spiro atoms. The Hall–Kier alpha value is -3.04. The molecule has 34 heavy (non-hydrogen) atoms. The number of nitrogens with zero attached hydrogens (tertiary/aromatic N) is 2. The van der Waals surface area contributed by atoms with Gasteiger partial charge in [-0.3, -0.25) is 4.68 Å². The normalized spacial score (nSPS) is 11.7. The number of hydrogen-bond donors (Lipinski definition) is 1. The predicted octanol–water partition coefficient (Wildman–Crippen LogP) is 4.64. The van der Waals surface area contributed by atoms with Crippen LogP contribution in [-0.4, -0.2) is 30.8 Å². The smallest absolute Gasteiger partial charge is 0.341 e. The number of benzene rings is 2. The van der Waals surface area contributed by atoms with Gasteiger partial charge in [-0.05, 0) is 37.0 Å². The molecule has 1 aromatic heterocycles. The minimum absolute atomic E-state index is 0.00471. The van der Waals surface area contributed by atoms with Crippen molar-refractivity contribution in [2.24, 2.45) is 5.14 Å². The van der Waals surface area contributed by atoms with Gasteiger partial charge in [-0.2, -0.15) is 5.10 Å². The van der Waals surface area contributed by atoms with E-state index in [1.165, 1.54) is 30.3 Å². The maximum atomic E-state index is 15.2. The fourth-order valence-corrected chi connectivity index (χ4v) is 4.69. The highest BCUT2D eigenvalue weighted by Crippen LogP contribution is 2.31. The van der Waals surface area contributed by atoms with E-state index in [9.17, 15) is 13.2 Å². The summed E-state index contributed by atoms with van der Waals surface area (Å²) in [5.74, 6) is -1.02. The SMILES string of the molecule is CCCn1nc(C(C)C)c(C(=O)OCC)c1Cc1ccc(-c2ccccc2S(N)(=O)=O)c(F)c1. The first-order valence-corrected chi connectivity index (χ1v) is 12.8. The number of aromatic nitrogens is 2. The number of nitrogens with two attached hydrogens (primary N) is 1. The van der Waals surface area contributed by atoms with Crippen molar-refractivity contribution in [3.63, 3.8) is 0 Å². The molecule has 1 heterocycles. The maximum absolute atomic E-state index is 15.2. The van der Waals surface area contributed by atoms with Crippen molar-refractivity contribution in [1.29, 1.82) is 0 Å². The average molecular weight is 488 g/mol. The van der Waals surface area contributed by atoms with Gasteiger partial charge in [-0.15, -0.1) is 0 Å². The highest BCUT2D eigenvalue weighted by atomic mass is 32.2. The zero-order valence-electron chi connectivity index (χ0n) is 19.8. The molecule has 0 radical (unpaired) electrons. The van der Waals surface area contributed by atoms with Crippen molar-refractivity contribution < 1.29 is 22.3 Å². The Morgan fingerprint density at radius 3 is 2.44 bits per heavy atom. The van der Waals surface area contributed by atoms with E-state index in [-0.39, 0.29) is 35.0 Å². The number of aryl methyl sites for hydroxylation is 1. The van der Waals surface area contributed by atoms with Crippen molar-refractivity contribution in [3.05, 3.63) is 70.8 Å². The molecule has 0 aliphatic carbocycles. The Morgan fingerprint density at radius 2 is 1.85 bits per heavy atom. The van der Waals surface area contributed by atoms with Crippen LogP contribution in [-0.2, 0) is 27.7 Å². The van der Waals surface area contributed by atoms with Gasteiger partial charge in [0.05, 0.1) is 22.9 Å². The van der Waals surface area contributed by atoms with Crippen molar-refractivity contribution in [3.8, 4) is 11.1 Å². The van der Waals surface area contributed by atoms with Crippen LogP contribution in [0.25, 0.3) is 11.1 Å². The van der Waals surface area contributed by atoms with E-state index in [1.807, 2.05) is 20.8 Å². The minimum Gasteiger partial charge on any atom is -0.462 e. The van der Waals surface area contributed by atoms with Crippen molar-refractivity contribution in [2.45, 2.75) is 57.9 Å². The highest BCUT2D eigenvalue weighted by Gasteiger charge is 2.27. The Labute approximate surface area is 199 Å². The number of esters is 1. The van der Waals surface area contributed by atoms with E-state index in [0.717, 1.165) is 6.42 Å². The number of hydrogen-bond acceptors (Lipinski definition) is 5. The van der Waals surface area contributed by atoms with Crippen LogP contribution in [0.15, 0.2) is 47.4 Å². The largest absolute Gasteiger partial charge is 0.462 e. The predicted molar refractivity (Wildman–Crippen MR) is 129 cm³/mol. The van der Waals surface area contributed by atoms with Crippen LogP contribution < -0.4 is 5.14 Å². The molecule has 9 heteroatoms. The standard InChI is InChI=1S/C25H30FN3O4S/c1-5-13-29-21(23(25(30)33-6-2)24(28-29)16(3)4)15-17-11-12-18(20(26)14-17)19-9-7-8-10-22(19)34(27,31)32/h7-12,14,16H,5-6,13,15H2,1-4H3,(H2,27,31,32). The van der Waals surface area contributed by atoms with Gasteiger partial charge in [0, 0.05) is 24.1 Å². The second kappa shape index (κ2) is 10.5. The number of carbonyl (C=O) groups excluding carboxylic acids is 1. The Balaban J connectivity index is 2.08. The molecule has 0 bridgehead atoms. The van der Waals surface area contributed by atoms with Crippen LogP contribution in [0, 0.1) is 5.82 Å². The Kier molecular flexibility index (Phi) is 7.89. The van der Waals surface area contributed by atoms with Gasteiger partial charge in [-0.1, -0.05) is 51.1 Å². The van der Waals surface area contributed by atoms with Crippen molar-refractivity contribution in [2.75, 3.05) is 6.61 Å². The molecule has 7 nitrogen and oxygen atoms in total. The third kappa shape index (κ3) is 5.37. The van der Waals surface area contributed by atoms with Gasteiger partial charge in [0.2, 0.25) is 10.0 Å². The zero-order valence-corrected chi connectivity index (χ0v) is 20.7. The zero-order chi connectivity index (χ0) is 25.0. The van der Waals surface area contributed by atoms with Crippen LogP contribution in [0.3, 0.4) is 0 Å². The van der Waals surface area contributed by atoms with E-state index >= 15 is 4.39 Å². The van der Waals surface area contributed by atoms with E-state index in [1.54, 1.807) is 23.7 Å². The van der Waals surface area contributed by atoms with E-state index in [2.05, 4.69) is 5.10 Å². The molecular formula is C25H30FN3O4S. The van der Waals surface area contributed by atoms with Gasteiger partial charge >= 0.3 is 5.97 Å². The van der Waals surface area contributed by atoms with Crippen molar-refractivity contribution >= 4 is 16.0 Å². The number of rotatable bonds is 9. The summed E-state index contributed by atoms with van der Waals surface area (Å²) in [7, 11) is -4.02. The second-order valence-electron chi connectivity index (χ2n) is 8.34. The molecular weight excluding hydrogens is 457 g/mol. The van der Waals surface area contributed by atoms with Crippen molar-refractivity contribution in [1.82, 2.24) is 9.78 Å². The first-order chi connectivity index (χ1) is 16.1. The molecule has 0 aliphatic rings. The molecule has 3 aromatic rings. The summed E-state index contributed by atoms with van der Waals surface area (Å²) in [4.78, 5) is 12.7. The Bertz CT molecular complexity index is 1300. The Morgan fingerprint density at radius 1 is 1.15 bits per heavy atom. The molecule has 2 aromatic carbocycles. The topological polar surface area (TPSA) is 104 Å². The second-order valence-corrected chi connectivity index (χ2v) is 9.87. The van der Waals surface area contributed by atoms with Crippen LogP contribution in [0.1, 0.15) is 67.3 Å². The number of carbonyl (C=O) groups is 1. The highest BCUT2D eigenvalue weighted by molar-refractivity contribution is 7.89. The number of sulfonamides is 1. The quantitative estimate of drug-likeness (QED) is 0.443.